The summed E-state index contributed by atoms with van der Waals surface area (Å²) in [6, 6.07) is 18.9. The lowest BCUT2D eigenvalue weighted by Crippen LogP contribution is -2.10. The largest absolute Gasteiger partial charge is 0.461 e. The number of carbonyl (C=O) groups excluding carboxylic acids is 1. The molecule has 3 aromatic heterocycles. The van der Waals surface area contributed by atoms with E-state index in [4.69, 9.17) is 4.74 Å². The summed E-state index contributed by atoms with van der Waals surface area (Å²) in [5, 5.41) is 1.08. The lowest BCUT2D eigenvalue weighted by Gasteiger charge is -2.08. The average molecular weight is 355 g/mol. The molecule has 0 fully saturated rings. The number of nitrogens with zero attached hydrogens (tertiary/aromatic N) is 3. The van der Waals surface area contributed by atoms with Crippen LogP contribution in [0.3, 0.4) is 0 Å². The lowest BCUT2D eigenvalue weighted by molar-refractivity contribution is 0.0503. The summed E-state index contributed by atoms with van der Waals surface area (Å²) in [5.41, 5.74) is 3.96. The molecule has 0 radical (unpaired) electrons. The number of hydrogen-bond acceptors (Lipinski definition) is 5. The molecule has 0 atom stereocenters. The summed E-state index contributed by atoms with van der Waals surface area (Å²) in [7, 11) is 0. The maximum absolute atomic E-state index is 12.4. The zero-order chi connectivity index (χ0) is 18.5. The van der Waals surface area contributed by atoms with Crippen molar-refractivity contribution in [3.05, 3.63) is 90.5 Å². The highest BCUT2D eigenvalue weighted by atomic mass is 16.5. The molecule has 0 unspecified atom stereocenters. The molecule has 4 rings (SSSR count). The van der Waals surface area contributed by atoms with E-state index in [0.29, 0.717) is 17.8 Å². The summed E-state index contributed by atoms with van der Waals surface area (Å²) in [5.74, 6) is -0.427. The third-order valence-electron chi connectivity index (χ3n) is 4.27. The normalized spacial score (nSPS) is 10.7. The smallest absolute Gasteiger partial charge is 0.356 e. The minimum absolute atomic E-state index is 0.286. The van der Waals surface area contributed by atoms with Crippen molar-refractivity contribution < 1.29 is 9.53 Å². The minimum atomic E-state index is -0.427. The molecule has 0 saturated carbocycles. The number of benzene rings is 1. The first-order chi connectivity index (χ1) is 13.3. The van der Waals surface area contributed by atoms with Gasteiger partial charge >= 0.3 is 5.97 Å². The minimum Gasteiger partial charge on any atom is -0.461 e. The van der Waals surface area contributed by atoms with Gasteiger partial charge in [-0.3, -0.25) is 9.97 Å². The van der Waals surface area contributed by atoms with Crippen LogP contribution in [-0.2, 0) is 11.2 Å². The predicted molar refractivity (Wildman–Crippen MR) is 103 cm³/mol. The molecule has 0 aliphatic carbocycles. The zero-order valence-electron chi connectivity index (χ0n) is 14.6. The van der Waals surface area contributed by atoms with Gasteiger partial charge in [0.25, 0.3) is 0 Å². The van der Waals surface area contributed by atoms with E-state index in [2.05, 4.69) is 15.0 Å². The quantitative estimate of drug-likeness (QED) is 0.505. The SMILES string of the molecule is O=C(OCCc1cccc2ncccc12)c1cccc(-c2ccncc2)n1. The molecule has 0 saturated heterocycles. The fourth-order valence-electron chi connectivity index (χ4n) is 2.94. The van der Waals surface area contributed by atoms with E-state index >= 15 is 0 Å². The van der Waals surface area contributed by atoms with Crippen molar-refractivity contribution in [1.29, 1.82) is 0 Å². The van der Waals surface area contributed by atoms with E-state index in [1.54, 1.807) is 30.7 Å². The summed E-state index contributed by atoms with van der Waals surface area (Å²) in [4.78, 5) is 25.1. The van der Waals surface area contributed by atoms with E-state index in [0.717, 1.165) is 22.0 Å². The Hall–Kier alpha value is -3.60. The number of rotatable bonds is 5. The summed E-state index contributed by atoms with van der Waals surface area (Å²) < 4.78 is 5.44. The standard InChI is InChI=1S/C22H17N3O2/c26-22(21-8-2-6-19(25-21)17-9-13-23-14-10-17)27-15-11-16-4-1-7-20-18(16)5-3-12-24-20/h1-10,12-14H,11,15H2. The highest BCUT2D eigenvalue weighted by Crippen LogP contribution is 2.18. The second-order valence-electron chi connectivity index (χ2n) is 6.02. The average Bonchev–Trinajstić information content (AvgIpc) is 2.74. The van der Waals surface area contributed by atoms with Gasteiger partial charge in [0.1, 0.15) is 5.69 Å². The lowest BCUT2D eigenvalue weighted by atomic mass is 10.1. The first-order valence-corrected chi connectivity index (χ1v) is 8.68. The van der Waals surface area contributed by atoms with Gasteiger partial charge < -0.3 is 4.74 Å². The van der Waals surface area contributed by atoms with Crippen LogP contribution in [0.4, 0.5) is 0 Å². The zero-order valence-corrected chi connectivity index (χ0v) is 14.6. The monoisotopic (exact) mass is 355 g/mol. The van der Waals surface area contributed by atoms with E-state index in [9.17, 15) is 4.79 Å². The molecule has 0 N–H and O–H groups in total. The van der Waals surface area contributed by atoms with Gasteiger partial charge in [-0.2, -0.15) is 0 Å². The maximum Gasteiger partial charge on any atom is 0.356 e. The number of esters is 1. The van der Waals surface area contributed by atoms with Crippen molar-refractivity contribution in [2.45, 2.75) is 6.42 Å². The first kappa shape index (κ1) is 16.8. The molecular weight excluding hydrogens is 338 g/mol. The van der Waals surface area contributed by atoms with Gasteiger partial charge in [-0.25, -0.2) is 9.78 Å². The van der Waals surface area contributed by atoms with Crippen molar-refractivity contribution in [2.75, 3.05) is 6.61 Å². The number of carbonyl (C=O) groups is 1. The highest BCUT2D eigenvalue weighted by molar-refractivity contribution is 5.88. The first-order valence-electron chi connectivity index (χ1n) is 8.68. The third kappa shape index (κ3) is 3.82. The van der Waals surface area contributed by atoms with Crippen LogP contribution in [0.1, 0.15) is 16.1 Å². The molecule has 0 aliphatic rings. The van der Waals surface area contributed by atoms with E-state index in [1.165, 1.54) is 0 Å². The molecular formula is C22H17N3O2. The number of fused-ring (bicyclic) bond motifs is 1. The Morgan fingerprint density at radius 3 is 2.63 bits per heavy atom. The third-order valence-corrected chi connectivity index (χ3v) is 4.27. The van der Waals surface area contributed by atoms with Crippen molar-refractivity contribution in [2.24, 2.45) is 0 Å². The van der Waals surface area contributed by atoms with Crippen LogP contribution < -0.4 is 0 Å². The molecule has 5 heteroatoms. The van der Waals surface area contributed by atoms with Gasteiger partial charge in [0.05, 0.1) is 17.8 Å². The van der Waals surface area contributed by atoms with Crippen molar-refractivity contribution in [1.82, 2.24) is 15.0 Å². The molecule has 132 valence electrons. The molecule has 0 spiro atoms. The molecule has 0 bridgehead atoms. The molecule has 27 heavy (non-hydrogen) atoms. The molecule has 3 heterocycles. The number of ether oxygens (including phenoxy) is 1. The topological polar surface area (TPSA) is 65.0 Å². The number of pyridine rings is 3. The molecule has 0 amide bonds. The van der Waals surface area contributed by atoms with Gasteiger partial charge in [-0.1, -0.05) is 24.3 Å². The van der Waals surface area contributed by atoms with Gasteiger partial charge in [0, 0.05) is 36.0 Å². The molecule has 1 aromatic carbocycles. The number of hydrogen-bond donors (Lipinski definition) is 0. The maximum atomic E-state index is 12.4. The number of aromatic nitrogens is 3. The van der Waals surface area contributed by atoms with E-state index in [-0.39, 0.29) is 6.61 Å². The van der Waals surface area contributed by atoms with Crippen molar-refractivity contribution in [3.8, 4) is 11.3 Å². The van der Waals surface area contributed by atoms with Crippen LogP contribution in [-0.4, -0.2) is 27.5 Å². The Kier molecular flexibility index (Phi) is 4.83. The molecule has 5 nitrogen and oxygen atoms in total. The highest BCUT2D eigenvalue weighted by Gasteiger charge is 2.11. The Labute approximate surface area is 156 Å². The fraction of sp³-hybridized carbons (Fsp3) is 0.0909. The summed E-state index contributed by atoms with van der Waals surface area (Å²) >= 11 is 0. The summed E-state index contributed by atoms with van der Waals surface area (Å²) in [6.45, 7) is 0.286. The predicted octanol–water partition coefficient (Wildman–Crippen LogP) is 4.09. The fourth-order valence-corrected chi connectivity index (χ4v) is 2.94. The van der Waals surface area contributed by atoms with E-state index < -0.39 is 5.97 Å². The Balaban J connectivity index is 1.44. The second kappa shape index (κ2) is 7.74. The Morgan fingerprint density at radius 2 is 1.74 bits per heavy atom. The van der Waals surface area contributed by atoms with Crippen LogP contribution in [0.15, 0.2) is 79.3 Å². The molecule has 0 aliphatic heterocycles. The van der Waals surface area contributed by atoms with Gasteiger partial charge in [0.2, 0.25) is 0 Å². The van der Waals surface area contributed by atoms with Gasteiger partial charge in [-0.05, 0) is 42.0 Å². The van der Waals surface area contributed by atoms with Crippen LogP contribution in [0.25, 0.3) is 22.2 Å². The van der Waals surface area contributed by atoms with Gasteiger partial charge in [0.15, 0.2) is 0 Å². The Morgan fingerprint density at radius 1 is 0.889 bits per heavy atom. The van der Waals surface area contributed by atoms with Crippen LogP contribution >= 0.6 is 0 Å². The molecule has 4 aromatic rings. The van der Waals surface area contributed by atoms with Gasteiger partial charge in [-0.15, -0.1) is 0 Å². The van der Waals surface area contributed by atoms with Crippen LogP contribution in [0, 0.1) is 0 Å². The second-order valence-corrected chi connectivity index (χ2v) is 6.02. The van der Waals surface area contributed by atoms with Crippen molar-refractivity contribution in [3.63, 3.8) is 0 Å². The summed E-state index contributed by atoms with van der Waals surface area (Å²) in [6.07, 6.45) is 5.79. The van der Waals surface area contributed by atoms with Crippen molar-refractivity contribution >= 4 is 16.9 Å². The van der Waals surface area contributed by atoms with Crippen LogP contribution in [0.2, 0.25) is 0 Å². The Bertz CT molecular complexity index is 1080. The van der Waals surface area contributed by atoms with E-state index in [1.807, 2.05) is 48.5 Å². The van der Waals surface area contributed by atoms with Crippen LogP contribution in [0.5, 0.6) is 0 Å².